The molecule has 0 radical (unpaired) electrons. The molecule has 0 spiro atoms. The molecule has 24 heavy (non-hydrogen) atoms. The number of amides is 1. The van der Waals surface area contributed by atoms with Gasteiger partial charge in [-0.3, -0.25) is 19.3 Å². The first-order chi connectivity index (χ1) is 11.5. The number of nitrogens with zero attached hydrogens (tertiary/aromatic N) is 1. The molecular weight excluding hydrogens is 376 g/mol. The molecule has 1 N–H and O–H groups in total. The van der Waals surface area contributed by atoms with Gasteiger partial charge in [-0.05, 0) is 25.1 Å². The van der Waals surface area contributed by atoms with Gasteiger partial charge < -0.3 is 9.64 Å². The molecule has 128 valence electrons. The lowest BCUT2D eigenvalue weighted by molar-refractivity contribution is -0.904. The molecule has 0 aliphatic carbocycles. The van der Waals surface area contributed by atoms with Crippen LogP contribution in [-0.2, 0) is 14.3 Å². The van der Waals surface area contributed by atoms with Gasteiger partial charge in [0, 0.05) is 17.3 Å². The van der Waals surface area contributed by atoms with Crippen LogP contribution >= 0.6 is 15.9 Å². The SMILES string of the molecule is CCOC(=O)C1CC[NH+](CN2C(=O)C(=O)c3cc(Br)ccc32)CC1. The van der Waals surface area contributed by atoms with Crippen molar-refractivity contribution in [2.75, 3.05) is 31.3 Å². The van der Waals surface area contributed by atoms with E-state index in [1.54, 1.807) is 17.0 Å². The molecule has 1 aromatic carbocycles. The second kappa shape index (κ2) is 7.03. The van der Waals surface area contributed by atoms with Crippen molar-refractivity contribution < 1.29 is 24.0 Å². The number of hydrogen-bond acceptors (Lipinski definition) is 4. The van der Waals surface area contributed by atoms with Crippen molar-refractivity contribution in [2.24, 2.45) is 5.92 Å². The van der Waals surface area contributed by atoms with Crippen LogP contribution in [0.2, 0.25) is 0 Å². The lowest BCUT2D eigenvalue weighted by Crippen LogP contribution is -3.14. The van der Waals surface area contributed by atoms with E-state index in [0.29, 0.717) is 24.5 Å². The summed E-state index contributed by atoms with van der Waals surface area (Å²) >= 11 is 3.33. The van der Waals surface area contributed by atoms with Gasteiger partial charge in [-0.2, -0.15) is 0 Å². The molecule has 2 heterocycles. The Morgan fingerprint density at radius 3 is 2.71 bits per heavy atom. The molecule has 0 bridgehead atoms. The van der Waals surface area contributed by atoms with E-state index in [9.17, 15) is 14.4 Å². The normalized spacial score (nSPS) is 23.3. The molecular formula is C17H20BrN2O4+. The highest BCUT2D eigenvalue weighted by Gasteiger charge is 2.39. The van der Waals surface area contributed by atoms with Crippen molar-refractivity contribution in [3.63, 3.8) is 0 Å². The van der Waals surface area contributed by atoms with Crippen molar-refractivity contribution in [1.82, 2.24) is 0 Å². The molecule has 0 atom stereocenters. The predicted molar refractivity (Wildman–Crippen MR) is 90.9 cm³/mol. The maximum Gasteiger partial charge on any atom is 0.309 e. The third kappa shape index (κ3) is 3.23. The molecule has 1 amide bonds. The van der Waals surface area contributed by atoms with Gasteiger partial charge in [-0.15, -0.1) is 0 Å². The summed E-state index contributed by atoms with van der Waals surface area (Å²) in [5.74, 6) is -1.10. The summed E-state index contributed by atoms with van der Waals surface area (Å²) in [4.78, 5) is 39.0. The first kappa shape index (κ1) is 17.1. The number of quaternary nitrogens is 1. The maximum absolute atomic E-state index is 12.3. The number of anilines is 1. The van der Waals surface area contributed by atoms with Crippen molar-refractivity contribution in [3.8, 4) is 0 Å². The van der Waals surface area contributed by atoms with E-state index in [1.807, 2.05) is 13.0 Å². The van der Waals surface area contributed by atoms with Gasteiger partial charge in [0.05, 0.1) is 36.9 Å². The number of esters is 1. The molecule has 1 saturated heterocycles. The number of likely N-dealkylation sites (tertiary alicyclic amines) is 1. The second-order valence-corrected chi connectivity index (χ2v) is 7.07. The molecule has 2 aliphatic rings. The fraction of sp³-hybridized carbons (Fsp3) is 0.471. The zero-order valence-corrected chi connectivity index (χ0v) is 15.1. The smallest absolute Gasteiger partial charge is 0.309 e. The summed E-state index contributed by atoms with van der Waals surface area (Å²) in [6, 6.07) is 5.32. The second-order valence-electron chi connectivity index (χ2n) is 6.16. The topological polar surface area (TPSA) is 68.1 Å². The van der Waals surface area contributed by atoms with Crippen LogP contribution in [0.4, 0.5) is 5.69 Å². The van der Waals surface area contributed by atoms with E-state index in [-0.39, 0.29) is 11.9 Å². The van der Waals surface area contributed by atoms with Gasteiger partial charge in [-0.1, -0.05) is 15.9 Å². The van der Waals surface area contributed by atoms with Gasteiger partial charge in [0.15, 0.2) is 6.67 Å². The summed E-state index contributed by atoms with van der Waals surface area (Å²) in [7, 11) is 0. The van der Waals surface area contributed by atoms with Crippen LogP contribution in [0.15, 0.2) is 22.7 Å². The number of piperidine rings is 1. The molecule has 6 nitrogen and oxygen atoms in total. The number of nitrogens with one attached hydrogen (secondary N) is 1. The Kier molecular flexibility index (Phi) is 5.01. The quantitative estimate of drug-likeness (QED) is 0.604. The standard InChI is InChI=1S/C17H19BrN2O4/c1-2-24-17(23)11-5-7-19(8-6-11)10-20-14-4-3-12(18)9-13(14)15(21)16(20)22/h3-4,9,11H,2,5-8,10H2,1H3/p+1. The summed E-state index contributed by atoms with van der Waals surface area (Å²) in [5.41, 5.74) is 1.13. The summed E-state index contributed by atoms with van der Waals surface area (Å²) in [5, 5.41) is 0. The van der Waals surface area contributed by atoms with Crippen LogP contribution in [-0.4, -0.2) is 44.0 Å². The fourth-order valence-corrected chi connectivity index (χ4v) is 3.69. The number of rotatable bonds is 4. The number of carbonyl (C=O) groups is 3. The number of carbonyl (C=O) groups excluding carboxylic acids is 3. The maximum atomic E-state index is 12.3. The molecule has 0 saturated carbocycles. The Morgan fingerprint density at radius 2 is 2.04 bits per heavy atom. The molecule has 3 rings (SSSR count). The zero-order chi connectivity index (χ0) is 17.3. The van der Waals surface area contributed by atoms with Gasteiger partial charge in [0.1, 0.15) is 0 Å². The Morgan fingerprint density at radius 1 is 1.33 bits per heavy atom. The molecule has 1 aromatic rings. The molecule has 2 aliphatic heterocycles. The van der Waals surface area contributed by atoms with Crippen LogP contribution in [0.5, 0.6) is 0 Å². The Hall–Kier alpha value is -1.73. The minimum absolute atomic E-state index is 0.0483. The Labute approximate surface area is 148 Å². The molecule has 7 heteroatoms. The monoisotopic (exact) mass is 395 g/mol. The first-order valence-electron chi connectivity index (χ1n) is 8.17. The molecule has 0 unspecified atom stereocenters. The van der Waals surface area contributed by atoms with Crippen LogP contribution < -0.4 is 9.80 Å². The highest BCUT2D eigenvalue weighted by Crippen LogP contribution is 2.30. The van der Waals surface area contributed by atoms with Crippen molar-refractivity contribution in [1.29, 1.82) is 0 Å². The Balaban J connectivity index is 1.65. The van der Waals surface area contributed by atoms with Crippen molar-refractivity contribution in [3.05, 3.63) is 28.2 Å². The number of ketones is 1. The van der Waals surface area contributed by atoms with E-state index in [1.165, 1.54) is 4.90 Å². The Bertz CT molecular complexity index is 683. The van der Waals surface area contributed by atoms with Gasteiger partial charge >= 0.3 is 11.9 Å². The van der Waals surface area contributed by atoms with E-state index in [0.717, 1.165) is 30.4 Å². The van der Waals surface area contributed by atoms with Crippen LogP contribution in [0.3, 0.4) is 0 Å². The van der Waals surface area contributed by atoms with Crippen molar-refractivity contribution in [2.45, 2.75) is 19.8 Å². The lowest BCUT2D eigenvalue weighted by Gasteiger charge is -2.30. The predicted octanol–water partition coefficient (Wildman–Crippen LogP) is 0.794. The van der Waals surface area contributed by atoms with E-state index >= 15 is 0 Å². The summed E-state index contributed by atoms with van der Waals surface area (Å²) < 4.78 is 5.86. The van der Waals surface area contributed by atoms with Crippen LogP contribution in [0, 0.1) is 5.92 Å². The number of ether oxygens (including phenoxy) is 1. The van der Waals surface area contributed by atoms with E-state index < -0.39 is 11.7 Å². The lowest BCUT2D eigenvalue weighted by atomic mass is 9.97. The highest BCUT2D eigenvalue weighted by molar-refractivity contribution is 9.10. The third-order valence-corrected chi connectivity index (χ3v) is 5.12. The van der Waals surface area contributed by atoms with Gasteiger partial charge in [0.2, 0.25) is 0 Å². The van der Waals surface area contributed by atoms with Crippen LogP contribution in [0.25, 0.3) is 0 Å². The number of benzene rings is 1. The summed E-state index contributed by atoms with van der Waals surface area (Å²) in [6.45, 7) is 4.24. The van der Waals surface area contributed by atoms with Crippen LogP contribution in [0.1, 0.15) is 30.1 Å². The minimum atomic E-state index is -0.469. The first-order valence-corrected chi connectivity index (χ1v) is 8.96. The van der Waals surface area contributed by atoms with E-state index in [2.05, 4.69) is 15.9 Å². The number of fused-ring (bicyclic) bond motifs is 1. The number of hydrogen-bond donors (Lipinski definition) is 1. The number of Topliss-reactive ketones (excluding diaryl/α,β-unsaturated/α-hetero) is 1. The van der Waals surface area contributed by atoms with Gasteiger partial charge in [0.25, 0.3) is 5.78 Å². The molecule has 0 aromatic heterocycles. The largest absolute Gasteiger partial charge is 0.466 e. The fourth-order valence-electron chi connectivity index (χ4n) is 3.33. The highest BCUT2D eigenvalue weighted by atomic mass is 79.9. The molecule has 1 fully saturated rings. The third-order valence-electron chi connectivity index (χ3n) is 4.63. The average Bonchev–Trinajstić information content (AvgIpc) is 2.80. The van der Waals surface area contributed by atoms with Gasteiger partial charge in [-0.25, -0.2) is 0 Å². The number of halogens is 1. The average molecular weight is 396 g/mol. The zero-order valence-electron chi connectivity index (χ0n) is 13.5. The minimum Gasteiger partial charge on any atom is -0.466 e. The summed E-state index contributed by atoms with van der Waals surface area (Å²) in [6.07, 6.45) is 1.49. The van der Waals surface area contributed by atoms with E-state index in [4.69, 9.17) is 4.74 Å². The van der Waals surface area contributed by atoms with Crippen molar-refractivity contribution >= 4 is 39.3 Å².